The van der Waals surface area contributed by atoms with Gasteiger partial charge >= 0.3 is 0 Å². The lowest BCUT2D eigenvalue weighted by molar-refractivity contribution is -0.127. The third kappa shape index (κ3) is 3.83. The molecule has 3 aromatic rings. The lowest BCUT2D eigenvalue weighted by Crippen LogP contribution is -2.63. The molecule has 0 aliphatic carbocycles. The average molecular weight is 490 g/mol. The van der Waals surface area contributed by atoms with E-state index in [0.29, 0.717) is 41.7 Å². The van der Waals surface area contributed by atoms with Crippen molar-refractivity contribution in [3.63, 3.8) is 0 Å². The summed E-state index contributed by atoms with van der Waals surface area (Å²) in [5.74, 6) is 1.31. The average Bonchev–Trinajstić information content (AvgIpc) is 3.43. The fourth-order valence-corrected chi connectivity index (χ4v) is 5.97. The number of likely N-dealkylation sites (tertiary alicyclic amines) is 2. The van der Waals surface area contributed by atoms with E-state index in [1.54, 1.807) is 24.3 Å². The molecule has 1 N–H and O–H groups in total. The summed E-state index contributed by atoms with van der Waals surface area (Å²) in [4.78, 5) is 25.2. The number of rotatable bonds is 6. The van der Waals surface area contributed by atoms with Crippen LogP contribution in [0.2, 0.25) is 0 Å². The Morgan fingerprint density at radius 3 is 2.33 bits per heavy atom. The molecule has 0 saturated carbocycles. The zero-order chi connectivity index (χ0) is 25.9. The van der Waals surface area contributed by atoms with Crippen molar-refractivity contribution in [1.29, 1.82) is 0 Å². The highest BCUT2D eigenvalue weighted by Gasteiger charge is 2.55. The molecule has 1 amide bonds. The molecule has 8 heteroatoms. The van der Waals surface area contributed by atoms with Crippen molar-refractivity contribution in [1.82, 2.24) is 24.9 Å². The van der Waals surface area contributed by atoms with E-state index in [1.165, 1.54) is 5.56 Å². The van der Waals surface area contributed by atoms with E-state index >= 15 is 0 Å². The number of carbonyl (C=O) groups excluding carboxylic acids is 1. The second-order valence-electron chi connectivity index (χ2n) is 11.6. The van der Waals surface area contributed by atoms with Gasteiger partial charge < -0.3 is 19.4 Å². The molecule has 5 rings (SSSR count). The molecule has 0 spiro atoms. The molecule has 1 aromatic carbocycles. The third-order valence-electron chi connectivity index (χ3n) is 8.02. The SMILES string of the molecule is CC(C)c1ccc([C@](O)(c2cncc(-c3noc([C@@]4(C)CC(=O)N(C)C4)n3)c2)C2(C)CN(C)C2)cc1. The molecule has 190 valence electrons. The van der Waals surface area contributed by atoms with E-state index in [2.05, 4.69) is 60.0 Å². The number of nitrogens with zero attached hydrogens (tertiary/aromatic N) is 5. The molecule has 2 aliphatic heterocycles. The van der Waals surface area contributed by atoms with Crippen LogP contribution in [-0.2, 0) is 15.8 Å². The fourth-order valence-electron chi connectivity index (χ4n) is 5.97. The Kier molecular flexibility index (Phi) is 5.80. The smallest absolute Gasteiger partial charge is 0.235 e. The van der Waals surface area contributed by atoms with E-state index in [0.717, 1.165) is 18.7 Å². The second kappa shape index (κ2) is 8.49. The van der Waals surface area contributed by atoms with Gasteiger partial charge in [0.1, 0.15) is 5.60 Å². The molecular weight excluding hydrogens is 454 g/mol. The summed E-state index contributed by atoms with van der Waals surface area (Å²) in [6.45, 7) is 10.5. The van der Waals surface area contributed by atoms with Crippen LogP contribution in [0.5, 0.6) is 0 Å². The van der Waals surface area contributed by atoms with Gasteiger partial charge in [-0.05, 0) is 37.1 Å². The van der Waals surface area contributed by atoms with E-state index in [-0.39, 0.29) is 5.91 Å². The van der Waals surface area contributed by atoms with Crippen LogP contribution in [0.1, 0.15) is 62.6 Å². The maximum absolute atomic E-state index is 12.5. The molecule has 2 saturated heterocycles. The molecule has 4 heterocycles. The summed E-state index contributed by atoms with van der Waals surface area (Å²) >= 11 is 0. The molecular formula is C28H35N5O3. The molecule has 0 bridgehead atoms. The Hall–Kier alpha value is -3.10. The van der Waals surface area contributed by atoms with Crippen molar-refractivity contribution in [2.75, 3.05) is 33.7 Å². The van der Waals surface area contributed by atoms with Crippen LogP contribution in [-0.4, -0.2) is 69.7 Å². The topological polar surface area (TPSA) is 95.6 Å². The quantitative estimate of drug-likeness (QED) is 0.566. The van der Waals surface area contributed by atoms with Crippen LogP contribution in [0.4, 0.5) is 0 Å². The first-order chi connectivity index (χ1) is 16.9. The lowest BCUT2D eigenvalue weighted by atomic mass is 9.62. The molecule has 2 aliphatic rings. The zero-order valence-electron chi connectivity index (χ0n) is 21.9. The van der Waals surface area contributed by atoms with Gasteiger partial charge in [-0.1, -0.05) is 50.2 Å². The van der Waals surface area contributed by atoms with Crippen molar-refractivity contribution >= 4 is 5.91 Å². The summed E-state index contributed by atoms with van der Waals surface area (Å²) in [5.41, 5.74) is 1.26. The highest BCUT2D eigenvalue weighted by atomic mass is 16.5. The standard InChI is InChI=1S/C28H35N5O3/c1-18(2)19-7-9-21(10-8-19)28(35,27(4)16-32(5)17-27)22-11-20(13-29-14-22)24-30-25(36-31-24)26(3)12-23(34)33(6)15-26/h7-11,13-14,18,35H,12,15-17H2,1-6H3/t26-,28-/m0/s1. The maximum atomic E-state index is 12.5. The zero-order valence-corrected chi connectivity index (χ0v) is 21.9. The first-order valence-electron chi connectivity index (χ1n) is 12.5. The largest absolute Gasteiger partial charge is 0.380 e. The number of aliphatic hydroxyl groups is 1. The van der Waals surface area contributed by atoms with Crippen molar-refractivity contribution in [3.05, 3.63) is 65.3 Å². The first-order valence-corrected chi connectivity index (χ1v) is 12.5. The summed E-state index contributed by atoms with van der Waals surface area (Å²) in [6, 6.07) is 10.2. The Morgan fingerprint density at radius 1 is 1.06 bits per heavy atom. The normalized spacial score (nSPS) is 23.7. The molecule has 2 atom stereocenters. The van der Waals surface area contributed by atoms with Gasteiger partial charge in [0.05, 0.1) is 5.41 Å². The van der Waals surface area contributed by atoms with Gasteiger partial charge in [0.25, 0.3) is 0 Å². The number of carbonyl (C=O) groups is 1. The Morgan fingerprint density at radius 2 is 1.75 bits per heavy atom. The van der Waals surface area contributed by atoms with Crippen LogP contribution in [0.15, 0.2) is 47.2 Å². The fraction of sp³-hybridized carbons (Fsp3) is 0.500. The molecule has 8 nitrogen and oxygen atoms in total. The van der Waals surface area contributed by atoms with Gasteiger partial charge in [-0.25, -0.2) is 0 Å². The predicted molar refractivity (Wildman–Crippen MR) is 136 cm³/mol. The number of likely N-dealkylation sites (N-methyl/N-ethyl adjacent to an activating group) is 1. The van der Waals surface area contributed by atoms with E-state index in [1.807, 2.05) is 25.1 Å². The molecule has 2 aromatic heterocycles. The molecule has 0 unspecified atom stereocenters. The van der Waals surface area contributed by atoms with Crippen molar-refractivity contribution in [2.45, 2.75) is 51.0 Å². The number of benzene rings is 1. The van der Waals surface area contributed by atoms with E-state index in [9.17, 15) is 9.90 Å². The maximum Gasteiger partial charge on any atom is 0.235 e. The minimum Gasteiger partial charge on any atom is -0.380 e. The lowest BCUT2D eigenvalue weighted by Gasteiger charge is -2.55. The van der Waals surface area contributed by atoms with Crippen LogP contribution in [0, 0.1) is 5.41 Å². The summed E-state index contributed by atoms with van der Waals surface area (Å²) in [6.07, 6.45) is 3.75. The Labute approximate surface area is 212 Å². The van der Waals surface area contributed by atoms with Gasteiger partial charge in [0.2, 0.25) is 17.6 Å². The summed E-state index contributed by atoms with van der Waals surface area (Å²) < 4.78 is 5.63. The van der Waals surface area contributed by atoms with Crippen molar-refractivity contribution in [3.8, 4) is 11.4 Å². The summed E-state index contributed by atoms with van der Waals surface area (Å²) in [7, 11) is 3.84. The number of amides is 1. The number of hydrogen-bond acceptors (Lipinski definition) is 7. The second-order valence-corrected chi connectivity index (χ2v) is 11.6. The van der Waals surface area contributed by atoms with Crippen LogP contribution in [0.3, 0.4) is 0 Å². The monoisotopic (exact) mass is 489 g/mol. The van der Waals surface area contributed by atoms with E-state index in [4.69, 9.17) is 4.52 Å². The Balaban J connectivity index is 1.54. The van der Waals surface area contributed by atoms with Gasteiger partial charge in [0.15, 0.2) is 0 Å². The molecule has 2 fully saturated rings. The van der Waals surface area contributed by atoms with Gasteiger partial charge in [-0.2, -0.15) is 4.98 Å². The highest BCUT2D eigenvalue weighted by molar-refractivity contribution is 5.80. The minimum atomic E-state index is -1.25. The third-order valence-corrected chi connectivity index (χ3v) is 8.02. The van der Waals surface area contributed by atoms with Gasteiger partial charge in [0, 0.05) is 62.0 Å². The van der Waals surface area contributed by atoms with Crippen LogP contribution >= 0.6 is 0 Å². The van der Waals surface area contributed by atoms with Crippen LogP contribution in [0.25, 0.3) is 11.4 Å². The van der Waals surface area contributed by atoms with Crippen LogP contribution < -0.4 is 0 Å². The molecule has 36 heavy (non-hydrogen) atoms. The first kappa shape index (κ1) is 24.6. The number of hydrogen-bond donors (Lipinski definition) is 1. The number of pyridine rings is 1. The van der Waals surface area contributed by atoms with Gasteiger partial charge in [-0.15, -0.1) is 0 Å². The predicted octanol–water partition coefficient (Wildman–Crippen LogP) is 3.56. The molecule has 0 radical (unpaired) electrons. The van der Waals surface area contributed by atoms with Crippen molar-refractivity contribution < 1.29 is 14.4 Å². The van der Waals surface area contributed by atoms with E-state index < -0.39 is 16.4 Å². The Bertz CT molecular complexity index is 1280. The minimum absolute atomic E-state index is 0.0631. The van der Waals surface area contributed by atoms with Crippen molar-refractivity contribution in [2.24, 2.45) is 5.41 Å². The number of aromatic nitrogens is 3. The van der Waals surface area contributed by atoms with Gasteiger partial charge in [-0.3, -0.25) is 9.78 Å². The highest BCUT2D eigenvalue weighted by Crippen LogP contribution is 2.50. The summed E-state index contributed by atoms with van der Waals surface area (Å²) in [5, 5.41) is 16.7.